The van der Waals surface area contributed by atoms with Gasteiger partial charge in [0.05, 0.1) is 18.9 Å². The maximum atomic E-state index is 12.0. The van der Waals surface area contributed by atoms with E-state index in [0.29, 0.717) is 29.8 Å². The van der Waals surface area contributed by atoms with Gasteiger partial charge in [-0.1, -0.05) is 20.8 Å². The van der Waals surface area contributed by atoms with Gasteiger partial charge in [-0.2, -0.15) is 0 Å². The molecule has 218 valence electrons. The average Bonchev–Trinajstić information content (AvgIpc) is 3.18. The quantitative estimate of drug-likeness (QED) is 0.169. The summed E-state index contributed by atoms with van der Waals surface area (Å²) < 4.78 is 18.2. The summed E-state index contributed by atoms with van der Waals surface area (Å²) in [5.74, 6) is 4.05. The smallest absolute Gasteiger partial charge is 0.305 e. The first-order valence-electron chi connectivity index (χ1n) is 15.6. The Morgan fingerprint density at radius 2 is 1.74 bits per heavy atom. The third-order valence-electron chi connectivity index (χ3n) is 11.3. The molecule has 0 saturated heterocycles. The topological polar surface area (TPSA) is 57.1 Å². The van der Waals surface area contributed by atoms with Gasteiger partial charge in [0.25, 0.3) is 8.32 Å². The van der Waals surface area contributed by atoms with Crippen LogP contribution in [0.1, 0.15) is 85.0 Å². The molecule has 0 N–H and O–H groups in total. The van der Waals surface area contributed by atoms with E-state index in [1.165, 1.54) is 51.3 Å². The maximum absolute atomic E-state index is 12.0. The zero-order valence-corrected chi connectivity index (χ0v) is 28.2. The van der Waals surface area contributed by atoms with Crippen molar-refractivity contribution in [3.63, 3.8) is 0 Å². The number of esters is 1. The lowest BCUT2D eigenvalue weighted by atomic mass is 9.43. The molecule has 4 saturated carbocycles. The Morgan fingerprint density at radius 1 is 1.03 bits per heavy atom. The fourth-order valence-corrected chi connectivity index (χ4v) is 11.1. The highest BCUT2D eigenvalue weighted by Gasteiger charge is 2.64. The molecular weight excluding hydrogens is 507 g/mol. The van der Waals surface area contributed by atoms with Gasteiger partial charge in [0, 0.05) is 6.42 Å². The summed E-state index contributed by atoms with van der Waals surface area (Å²) in [6, 6.07) is 0. The second-order valence-corrected chi connectivity index (χ2v) is 24.7. The van der Waals surface area contributed by atoms with Gasteiger partial charge in [-0.05, 0) is 143 Å². The fourth-order valence-electron chi connectivity index (χ4n) is 9.49. The number of methoxy groups -OCH3 is 1. The van der Waals surface area contributed by atoms with Crippen molar-refractivity contribution in [3.8, 4) is 0 Å². The number of carbonyl (C=O) groups is 1. The molecule has 0 heterocycles. The number of hydrogen-bond donors (Lipinski definition) is 0. The van der Waals surface area contributed by atoms with E-state index in [0.717, 1.165) is 42.9 Å². The Balaban J connectivity index is 1.59. The molecule has 0 amide bonds. The first kappa shape index (κ1) is 30.3. The number of hydrogen-bond acceptors (Lipinski definition) is 5. The van der Waals surface area contributed by atoms with Crippen LogP contribution in [0.2, 0.25) is 39.3 Å². The van der Waals surface area contributed by atoms with E-state index in [2.05, 4.69) is 60.1 Å². The van der Waals surface area contributed by atoms with Gasteiger partial charge in [0.2, 0.25) is 0 Å². The Bertz CT molecular complexity index is 895. The predicted molar refractivity (Wildman–Crippen MR) is 161 cm³/mol. The Labute approximate surface area is 235 Å². The molecule has 4 fully saturated rings. The number of rotatable bonds is 8. The first-order valence-corrected chi connectivity index (χ1v) is 22.4. The van der Waals surface area contributed by atoms with Crippen LogP contribution in [0.15, 0.2) is 5.16 Å². The third-order valence-corrected chi connectivity index (χ3v) is 12.9. The molecule has 4 aliphatic rings. The lowest BCUT2D eigenvalue weighted by Crippen LogP contribution is -2.60. The van der Waals surface area contributed by atoms with Crippen LogP contribution < -0.4 is 0 Å². The van der Waals surface area contributed by atoms with Crippen LogP contribution in [0, 0.1) is 46.3 Å². The standard InChI is InChI=1S/C31H57NO4Si2/c1-21(11-16-29(33)34-4)25-14-15-26-24-13-12-22-19-23(32-36-38(8,9)10)17-18-30(22,2)27(24)20-28(31(25,26)3)35-37(5,6)7/h21-22,24-28H,11-20H2,1-10H3/b32-23+/t21?,22-,24?,25?,26?,27?,28+,30?,31?/m1/s1. The summed E-state index contributed by atoms with van der Waals surface area (Å²) in [6.45, 7) is 21.4. The van der Waals surface area contributed by atoms with Gasteiger partial charge in [-0.15, -0.1) is 5.16 Å². The van der Waals surface area contributed by atoms with Gasteiger partial charge in [0.15, 0.2) is 8.32 Å². The van der Waals surface area contributed by atoms with Gasteiger partial charge >= 0.3 is 5.97 Å². The number of ether oxygens (including phenoxy) is 1. The zero-order valence-electron chi connectivity index (χ0n) is 26.2. The van der Waals surface area contributed by atoms with Crippen LogP contribution in [0.4, 0.5) is 0 Å². The zero-order chi connectivity index (χ0) is 28.1. The Morgan fingerprint density at radius 3 is 2.37 bits per heavy atom. The van der Waals surface area contributed by atoms with Crippen molar-refractivity contribution in [2.24, 2.45) is 51.5 Å². The molecule has 5 nitrogen and oxygen atoms in total. The van der Waals surface area contributed by atoms with Crippen LogP contribution in [-0.2, 0) is 18.5 Å². The minimum atomic E-state index is -1.73. The first-order chi connectivity index (χ1) is 17.6. The summed E-state index contributed by atoms with van der Waals surface area (Å²) in [4.78, 5) is 12.0. The van der Waals surface area contributed by atoms with Gasteiger partial charge in [-0.3, -0.25) is 4.79 Å². The van der Waals surface area contributed by atoms with Crippen LogP contribution in [0.25, 0.3) is 0 Å². The van der Waals surface area contributed by atoms with Crippen LogP contribution >= 0.6 is 0 Å². The van der Waals surface area contributed by atoms with Gasteiger partial charge < -0.3 is 13.7 Å². The van der Waals surface area contributed by atoms with Crippen LogP contribution in [0.3, 0.4) is 0 Å². The van der Waals surface area contributed by atoms with E-state index in [-0.39, 0.29) is 11.4 Å². The summed E-state index contributed by atoms with van der Waals surface area (Å²) in [6.07, 6.45) is 11.8. The Kier molecular flexibility index (Phi) is 8.74. The molecule has 4 aliphatic carbocycles. The van der Waals surface area contributed by atoms with Gasteiger partial charge in [0.1, 0.15) is 0 Å². The normalized spacial score (nSPS) is 41.2. The molecule has 0 aromatic heterocycles. The molecule has 9 atom stereocenters. The van der Waals surface area contributed by atoms with Crippen molar-refractivity contribution in [3.05, 3.63) is 0 Å². The summed E-state index contributed by atoms with van der Waals surface area (Å²) in [7, 11) is -1.86. The second kappa shape index (κ2) is 11.0. The van der Waals surface area contributed by atoms with E-state index in [4.69, 9.17) is 18.8 Å². The lowest BCUT2D eigenvalue weighted by molar-refractivity contribution is -0.158. The predicted octanol–water partition coefficient (Wildman–Crippen LogP) is 8.27. The maximum Gasteiger partial charge on any atom is 0.305 e. The molecule has 38 heavy (non-hydrogen) atoms. The number of oxime groups is 1. The van der Waals surface area contributed by atoms with E-state index >= 15 is 0 Å². The van der Waals surface area contributed by atoms with Crippen molar-refractivity contribution < 1.29 is 18.5 Å². The van der Waals surface area contributed by atoms with E-state index in [1.807, 2.05) is 0 Å². The van der Waals surface area contributed by atoms with Crippen LogP contribution in [-0.4, -0.2) is 41.5 Å². The largest absolute Gasteiger partial charge is 0.469 e. The number of carbonyl (C=O) groups excluding carboxylic acids is 1. The SMILES string of the molecule is COC(=O)CCC(C)C1CCC2C3CC[C@@H]4C/C(=N/O[Si](C)(C)C)CCC4(C)C3C[C@H](O[Si](C)(C)C)C12C. The number of nitrogens with zero attached hydrogens (tertiary/aromatic N) is 1. The van der Waals surface area contributed by atoms with Crippen molar-refractivity contribution in [2.45, 2.75) is 130 Å². The van der Waals surface area contributed by atoms with E-state index in [1.54, 1.807) is 0 Å². The third kappa shape index (κ3) is 6.00. The molecule has 7 unspecified atom stereocenters. The van der Waals surface area contributed by atoms with Crippen LogP contribution in [0.5, 0.6) is 0 Å². The van der Waals surface area contributed by atoms with Crippen molar-refractivity contribution in [1.29, 1.82) is 0 Å². The minimum absolute atomic E-state index is 0.0724. The monoisotopic (exact) mass is 563 g/mol. The van der Waals surface area contributed by atoms with E-state index < -0.39 is 16.6 Å². The molecule has 0 aliphatic heterocycles. The molecule has 0 aromatic carbocycles. The summed E-state index contributed by atoms with van der Waals surface area (Å²) in [5.41, 5.74) is 1.88. The molecule has 0 bridgehead atoms. The van der Waals surface area contributed by atoms with Crippen molar-refractivity contribution in [2.75, 3.05) is 7.11 Å². The van der Waals surface area contributed by atoms with Gasteiger partial charge in [-0.25, -0.2) is 0 Å². The second-order valence-electron chi connectivity index (χ2n) is 15.8. The fraction of sp³-hybridized carbons (Fsp3) is 0.935. The highest BCUT2D eigenvalue weighted by Crippen LogP contribution is 2.69. The minimum Gasteiger partial charge on any atom is -0.469 e. The average molecular weight is 564 g/mol. The Hall–Kier alpha value is -0.666. The molecule has 0 aromatic rings. The summed E-state index contributed by atoms with van der Waals surface area (Å²) in [5, 5.41) is 4.70. The molecule has 7 heteroatoms. The molecule has 0 spiro atoms. The molecule has 0 radical (unpaired) electrons. The highest BCUT2D eigenvalue weighted by molar-refractivity contribution is 6.70. The number of fused-ring (bicyclic) bond motifs is 5. The molecule has 4 rings (SSSR count). The molecular formula is C31H57NO4Si2. The highest BCUT2D eigenvalue weighted by atomic mass is 28.4. The van der Waals surface area contributed by atoms with E-state index in [9.17, 15) is 4.79 Å². The van der Waals surface area contributed by atoms with Crippen molar-refractivity contribution in [1.82, 2.24) is 0 Å². The van der Waals surface area contributed by atoms with Crippen molar-refractivity contribution >= 4 is 28.3 Å². The lowest BCUT2D eigenvalue weighted by Gasteiger charge is -2.63. The summed E-state index contributed by atoms with van der Waals surface area (Å²) >= 11 is 0.